The lowest BCUT2D eigenvalue weighted by molar-refractivity contribution is -0.162. The minimum absolute atomic E-state index is 0.0673. The Balaban J connectivity index is 1.87. The van der Waals surface area contributed by atoms with Crippen LogP contribution in [0.4, 0.5) is 19.0 Å². The van der Waals surface area contributed by atoms with E-state index in [-0.39, 0.29) is 28.8 Å². The summed E-state index contributed by atoms with van der Waals surface area (Å²) in [7, 11) is 1.40. The molecule has 0 saturated carbocycles. The Morgan fingerprint density at radius 2 is 2.10 bits per heavy atom. The molecule has 0 radical (unpaired) electrons. The molecular formula is C17H18F3N7O2. The zero-order valence-electron chi connectivity index (χ0n) is 15.8. The van der Waals surface area contributed by atoms with Crippen LogP contribution in [0.3, 0.4) is 0 Å². The predicted octanol–water partition coefficient (Wildman–Crippen LogP) is 2.94. The van der Waals surface area contributed by atoms with Crippen LogP contribution in [-0.4, -0.2) is 48.7 Å². The Labute approximate surface area is 163 Å². The number of pyridine rings is 1. The molecule has 3 heterocycles. The lowest BCUT2D eigenvalue weighted by Crippen LogP contribution is -2.24. The monoisotopic (exact) mass is 409 g/mol. The molecule has 0 spiro atoms. The third-order valence-corrected chi connectivity index (χ3v) is 4.17. The molecule has 3 aromatic rings. The maximum Gasteiger partial charge on any atom is 0.408 e. The minimum Gasteiger partial charge on any atom is -0.479 e. The van der Waals surface area contributed by atoms with Gasteiger partial charge in [-0.15, -0.1) is 15.3 Å². The maximum absolute atomic E-state index is 13.1. The first-order valence-electron chi connectivity index (χ1n) is 8.61. The van der Waals surface area contributed by atoms with Crippen molar-refractivity contribution in [3.63, 3.8) is 0 Å². The van der Waals surface area contributed by atoms with Crippen LogP contribution < -0.4 is 10.1 Å². The number of nitrogens with zero attached hydrogens (tertiary/aromatic N) is 6. The summed E-state index contributed by atoms with van der Waals surface area (Å²) in [5, 5.41) is 14.0. The third-order valence-electron chi connectivity index (χ3n) is 4.17. The van der Waals surface area contributed by atoms with Crippen LogP contribution in [0.25, 0.3) is 11.5 Å². The molecule has 12 heteroatoms. The summed E-state index contributed by atoms with van der Waals surface area (Å²) >= 11 is 0. The number of ether oxygens (including phenoxy) is 1. The summed E-state index contributed by atoms with van der Waals surface area (Å²) in [4.78, 5) is 16.8. The van der Waals surface area contributed by atoms with Crippen LogP contribution in [0, 0.1) is 0 Å². The summed E-state index contributed by atoms with van der Waals surface area (Å²) in [6.07, 6.45) is -1.96. The molecule has 1 amide bonds. The van der Waals surface area contributed by atoms with Crippen LogP contribution in [0.1, 0.15) is 30.2 Å². The molecule has 0 aliphatic carbocycles. The van der Waals surface area contributed by atoms with Gasteiger partial charge in [-0.25, -0.2) is 4.98 Å². The number of alkyl halides is 3. The van der Waals surface area contributed by atoms with E-state index in [4.69, 9.17) is 4.74 Å². The molecule has 3 aromatic heterocycles. The second-order valence-corrected chi connectivity index (χ2v) is 6.05. The summed E-state index contributed by atoms with van der Waals surface area (Å²) in [5.41, 5.74) is 0.336. The Morgan fingerprint density at radius 1 is 1.34 bits per heavy atom. The number of halogens is 3. The van der Waals surface area contributed by atoms with Crippen LogP contribution in [0.15, 0.2) is 30.7 Å². The number of anilines is 1. The Hall–Kier alpha value is -3.44. The van der Waals surface area contributed by atoms with E-state index in [1.165, 1.54) is 25.4 Å². The van der Waals surface area contributed by atoms with Crippen molar-refractivity contribution in [3.05, 3.63) is 36.3 Å². The van der Waals surface area contributed by atoms with E-state index in [1.807, 2.05) is 6.92 Å². The molecular weight excluding hydrogens is 391 g/mol. The number of aromatic nitrogens is 6. The molecule has 0 aromatic carbocycles. The molecule has 0 saturated heterocycles. The highest BCUT2D eigenvalue weighted by Gasteiger charge is 2.38. The SMILES string of the molecule is CCn1cc(C(=O)Nc2cccc(-c3nncn3C(C)C(F)(F)F)n2)c(OC)n1. The van der Waals surface area contributed by atoms with E-state index in [2.05, 4.69) is 25.6 Å². The second kappa shape index (κ2) is 7.89. The number of carbonyl (C=O) groups excluding carboxylic acids is 1. The van der Waals surface area contributed by atoms with Crippen LogP contribution in [0.2, 0.25) is 0 Å². The fourth-order valence-corrected chi connectivity index (χ4v) is 2.55. The van der Waals surface area contributed by atoms with Gasteiger partial charge in [0.15, 0.2) is 5.82 Å². The number of methoxy groups -OCH3 is 1. The van der Waals surface area contributed by atoms with Gasteiger partial charge in [0, 0.05) is 12.7 Å². The Morgan fingerprint density at radius 3 is 2.76 bits per heavy atom. The smallest absolute Gasteiger partial charge is 0.408 e. The van der Waals surface area contributed by atoms with Gasteiger partial charge < -0.3 is 14.6 Å². The fourth-order valence-electron chi connectivity index (χ4n) is 2.55. The van der Waals surface area contributed by atoms with Crippen molar-refractivity contribution in [1.29, 1.82) is 0 Å². The van der Waals surface area contributed by atoms with Crippen molar-refractivity contribution in [3.8, 4) is 17.4 Å². The van der Waals surface area contributed by atoms with Gasteiger partial charge in [-0.1, -0.05) is 6.07 Å². The first kappa shape index (κ1) is 20.3. The van der Waals surface area contributed by atoms with Gasteiger partial charge in [-0.05, 0) is 26.0 Å². The summed E-state index contributed by atoms with van der Waals surface area (Å²) in [5.74, 6) is -0.300. The number of hydrogen-bond acceptors (Lipinski definition) is 6. The lowest BCUT2D eigenvalue weighted by atomic mass is 10.2. The minimum atomic E-state index is -4.47. The van der Waals surface area contributed by atoms with Crippen molar-refractivity contribution in [2.24, 2.45) is 0 Å². The normalized spacial score (nSPS) is 12.6. The van der Waals surface area contributed by atoms with Crippen LogP contribution in [0.5, 0.6) is 5.88 Å². The lowest BCUT2D eigenvalue weighted by Gasteiger charge is -2.18. The van der Waals surface area contributed by atoms with E-state index in [9.17, 15) is 18.0 Å². The molecule has 0 bridgehead atoms. The van der Waals surface area contributed by atoms with Crippen molar-refractivity contribution in [2.45, 2.75) is 32.6 Å². The second-order valence-electron chi connectivity index (χ2n) is 6.05. The third kappa shape index (κ3) is 4.20. The van der Waals surface area contributed by atoms with Gasteiger partial charge in [0.1, 0.15) is 29.4 Å². The van der Waals surface area contributed by atoms with Crippen molar-refractivity contribution in [2.75, 3.05) is 12.4 Å². The zero-order valence-corrected chi connectivity index (χ0v) is 15.8. The van der Waals surface area contributed by atoms with Gasteiger partial charge in [0.25, 0.3) is 5.91 Å². The molecule has 0 fully saturated rings. The highest BCUT2D eigenvalue weighted by molar-refractivity contribution is 6.05. The topological polar surface area (TPSA) is 99.8 Å². The van der Waals surface area contributed by atoms with Gasteiger partial charge in [0.2, 0.25) is 5.88 Å². The number of nitrogens with one attached hydrogen (secondary N) is 1. The molecule has 154 valence electrons. The predicted molar refractivity (Wildman–Crippen MR) is 96.4 cm³/mol. The highest BCUT2D eigenvalue weighted by Crippen LogP contribution is 2.32. The Bertz CT molecular complexity index is 1010. The van der Waals surface area contributed by atoms with E-state index in [0.717, 1.165) is 17.8 Å². The fraction of sp³-hybridized carbons (Fsp3) is 0.353. The van der Waals surface area contributed by atoms with E-state index < -0.39 is 18.1 Å². The number of rotatable bonds is 6. The van der Waals surface area contributed by atoms with Crippen LogP contribution in [-0.2, 0) is 6.54 Å². The van der Waals surface area contributed by atoms with Crippen molar-refractivity contribution in [1.82, 2.24) is 29.5 Å². The van der Waals surface area contributed by atoms with Gasteiger partial charge in [-0.2, -0.15) is 13.2 Å². The maximum atomic E-state index is 13.1. The molecule has 3 rings (SSSR count). The largest absolute Gasteiger partial charge is 0.479 e. The molecule has 0 aliphatic heterocycles. The van der Waals surface area contributed by atoms with E-state index in [1.54, 1.807) is 10.7 Å². The summed E-state index contributed by atoms with van der Waals surface area (Å²) < 4.78 is 46.7. The quantitative estimate of drug-likeness (QED) is 0.672. The standard InChI is InChI=1S/C17H18F3N7O2/c1-4-26-8-11(16(25-26)29-3)15(28)23-13-7-5-6-12(22-13)14-24-21-9-27(14)10(2)17(18,19)20/h5-10H,4H2,1-3H3,(H,22,23,28). The highest BCUT2D eigenvalue weighted by atomic mass is 19.4. The average Bonchev–Trinajstić information content (AvgIpc) is 3.33. The summed E-state index contributed by atoms with van der Waals surface area (Å²) in [6, 6.07) is 2.69. The Kier molecular flexibility index (Phi) is 5.52. The average molecular weight is 409 g/mol. The molecule has 1 atom stereocenters. The molecule has 0 aliphatic rings. The number of hydrogen-bond donors (Lipinski definition) is 1. The van der Waals surface area contributed by atoms with Crippen LogP contribution >= 0.6 is 0 Å². The molecule has 29 heavy (non-hydrogen) atoms. The molecule has 9 nitrogen and oxygen atoms in total. The first-order chi connectivity index (χ1) is 13.7. The molecule has 1 N–H and O–H groups in total. The van der Waals surface area contributed by atoms with Gasteiger partial charge >= 0.3 is 6.18 Å². The van der Waals surface area contributed by atoms with E-state index >= 15 is 0 Å². The number of carbonyl (C=O) groups is 1. The number of amides is 1. The van der Waals surface area contributed by atoms with Gasteiger partial charge in [0.05, 0.1) is 7.11 Å². The first-order valence-corrected chi connectivity index (χ1v) is 8.61. The molecule has 1 unspecified atom stereocenters. The zero-order chi connectivity index (χ0) is 21.2. The van der Waals surface area contributed by atoms with Gasteiger partial charge in [-0.3, -0.25) is 9.48 Å². The summed E-state index contributed by atoms with van der Waals surface area (Å²) in [6.45, 7) is 3.40. The van der Waals surface area contributed by atoms with Crippen molar-refractivity contribution < 1.29 is 22.7 Å². The number of aryl methyl sites for hydroxylation is 1. The van der Waals surface area contributed by atoms with Crippen molar-refractivity contribution >= 4 is 11.7 Å². The van der Waals surface area contributed by atoms with E-state index in [0.29, 0.717) is 6.54 Å².